The smallest absolute Gasteiger partial charge is 0.0766 e. The van der Waals surface area contributed by atoms with Crippen molar-refractivity contribution in [2.45, 2.75) is 71.4 Å². The molecule has 0 aromatic carbocycles. The molecule has 1 aromatic heterocycles. The zero-order chi connectivity index (χ0) is 13.8. The van der Waals surface area contributed by atoms with Crippen molar-refractivity contribution in [3.63, 3.8) is 0 Å². The molecule has 1 heterocycles. The Labute approximate surface area is 125 Å². The number of rotatable bonds is 4. The van der Waals surface area contributed by atoms with Gasteiger partial charge in [-0.15, -0.1) is 0 Å². The molecule has 2 rings (SSSR count). The summed E-state index contributed by atoms with van der Waals surface area (Å²) in [5, 5.41) is 4.69. The van der Waals surface area contributed by atoms with Crippen LogP contribution in [0.2, 0.25) is 0 Å². The van der Waals surface area contributed by atoms with Crippen molar-refractivity contribution in [1.82, 2.24) is 9.78 Å². The summed E-state index contributed by atoms with van der Waals surface area (Å²) in [7, 11) is 0. The van der Waals surface area contributed by atoms with Gasteiger partial charge in [0.1, 0.15) is 0 Å². The van der Waals surface area contributed by atoms with E-state index in [1.165, 1.54) is 48.0 Å². The molecular weight excluding hydrogens is 302 g/mol. The van der Waals surface area contributed by atoms with E-state index in [2.05, 4.69) is 39.6 Å². The zero-order valence-corrected chi connectivity index (χ0v) is 13.7. The van der Waals surface area contributed by atoms with Gasteiger partial charge in [-0.2, -0.15) is 5.10 Å². The molecule has 0 aliphatic heterocycles. The van der Waals surface area contributed by atoms with Gasteiger partial charge in [0.05, 0.1) is 15.9 Å². The lowest BCUT2D eigenvalue weighted by Gasteiger charge is -2.21. The Morgan fingerprint density at radius 1 is 1.26 bits per heavy atom. The second kappa shape index (κ2) is 6.89. The van der Waals surface area contributed by atoms with E-state index in [0.717, 1.165) is 19.4 Å². The average Bonchev–Trinajstić information content (AvgIpc) is 2.57. The molecule has 2 unspecified atom stereocenters. The summed E-state index contributed by atoms with van der Waals surface area (Å²) < 4.78 is 3.37. The monoisotopic (exact) mass is 327 g/mol. The molecule has 0 amide bonds. The molecule has 108 valence electrons. The van der Waals surface area contributed by atoms with Crippen LogP contribution in [0.5, 0.6) is 0 Å². The largest absolute Gasteiger partial charge is 0.327 e. The van der Waals surface area contributed by atoms with Crippen LogP contribution in [0.1, 0.15) is 57.3 Å². The molecule has 2 N–H and O–H groups in total. The van der Waals surface area contributed by atoms with Crippen LogP contribution in [0.4, 0.5) is 0 Å². The lowest BCUT2D eigenvalue weighted by molar-refractivity contribution is 0.383. The highest BCUT2D eigenvalue weighted by atomic mass is 79.9. The molecular formula is C15H26BrN3. The van der Waals surface area contributed by atoms with Crippen LogP contribution in [0.3, 0.4) is 0 Å². The molecule has 1 aromatic rings. The number of aryl methyl sites for hydroxylation is 2. The second-order valence-electron chi connectivity index (χ2n) is 5.64. The molecule has 0 radical (unpaired) electrons. The first-order chi connectivity index (χ1) is 9.17. The van der Waals surface area contributed by atoms with E-state index in [0.29, 0.717) is 12.0 Å². The van der Waals surface area contributed by atoms with Crippen LogP contribution >= 0.6 is 15.9 Å². The normalized spacial score (nSPS) is 24.4. The maximum Gasteiger partial charge on any atom is 0.0766 e. The number of nitrogens with two attached hydrogens (primary N) is 1. The molecule has 1 fully saturated rings. The maximum absolute atomic E-state index is 6.36. The lowest BCUT2D eigenvalue weighted by atomic mass is 9.90. The highest BCUT2D eigenvalue weighted by Gasteiger charge is 2.24. The van der Waals surface area contributed by atoms with Crippen molar-refractivity contribution in [2.24, 2.45) is 11.7 Å². The van der Waals surface area contributed by atoms with Gasteiger partial charge >= 0.3 is 0 Å². The highest BCUT2D eigenvalue weighted by Crippen LogP contribution is 2.30. The molecule has 1 aliphatic carbocycles. The van der Waals surface area contributed by atoms with E-state index >= 15 is 0 Å². The Balaban J connectivity index is 2.19. The Hall–Kier alpha value is -0.350. The summed E-state index contributed by atoms with van der Waals surface area (Å²) in [4.78, 5) is 0. The summed E-state index contributed by atoms with van der Waals surface area (Å²) >= 11 is 3.75. The minimum Gasteiger partial charge on any atom is -0.327 e. The highest BCUT2D eigenvalue weighted by molar-refractivity contribution is 9.10. The number of aromatic nitrogens is 2. The first-order valence-corrected chi connectivity index (χ1v) is 8.46. The van der Waals surface area contributed by atoms with Gasteiger partial charge in [0.15, 0.2) is 0 Å². The Kier molecular flexibility index (Phi) is 5.46. The molecule has 0 spiro atoms. The standard InChI is InChI=1S/C15H26BrN3/c1-3-13-15(16)14(19(4-2)18-13)10-11-8-6-5-7-9-12(11)17/h11-12H,3-10,17H2,1-2H3. The average molecular weight is 328 g/mol. The molecule has 4 heteroatoms. The Morgan fingerprint density at radius 3 is 2.68 bits per heavy atom. The molecule has 2 atom stereocenters. The summed E-state index contributed by atoms with van der Waals surface area (Å²) in [6.07, 6.45) is 8.48. The van der Waals surface area contributed by atoms with E-state index in [1.54, 1.807) is 0 Å². The van der Waals surface area contributed by atoms with E-state index in [1.807, 2.05) is 0 Å². The van der Waals surface area contributed by atoms with Crippen molar-refractivity contribution in [1.29, 1.82) is 0 Å². The molecule has 0 bridgehead atoms. The first-order valence-electron chi connectivity index (χ1n) is 7.67. The lowest BCUT2D eigenvalue weighted by Crippen LogP contribution is -2.31. The maximum atomic E-state index is 6.36. The van der Waals surface area contributed by atoms with E-state index in [-0.39, 0.29) is 0 Å². The van der Waals surface area contributed by atoms with Crippen molar-refractivity contribution in [3.8, 4) is 0 Å². The molecule has 1 aliphatic rings. The van der Waals surface area contributed by atoms with Gasteiger partial charge in [0.2, 0.25) is 0 Å². The third-order valence-electron chi connectivity index (χ3n) is 4.37. The van der Waals surface area contributed by atoms with Gasteiger partial charge in [0, 0.05) is 12.6 Å². The van der Waals surface area contributed by atoms with Gasteiger partial charge < -0.3 is 5.73 Å². The predicted octanol–water partition coefficient (Wildman–Crippen LogP) is 3.68. The number of hydrogen-bond acceptors (Lipinski definition) is 2. The number of nitrogens with zero attached hydrogens (tertiary/aromatic N) is 2. The van der Waals surface area contributed by atoms with Gasteiger partial charge in [-0.3, -0.25) is 4.68 Å². The van der Waals surface area contributed by atoms with Crippen molar-refractivity contribution < 1.29 is 0 Å². The van der Waals surface area contributed by atoms with Crippen LogP contribution in [0, 0.1) is 5.92 Å². The third kappa shape index (κ3) is 3.40. The summed E-state index contributed by atoms with van der Waals surface area (Å²) in [6, 6.07) is 0.361. The van der Waals surface area contributed by atoms with Crippen LogP contribution < -0.4 is 5.73 Å². The van der Waals surface area contributed by atoms with E-state index < -0.39 is 0 Å². The fourth-order valence-electron chi connectivity index (χ4n) is 3.13. The van der Waals surface area contributed by atoms with Crippen LogP contribution in [-0.2, 0) is 19.4 Å². The number of hydrogen-bond donors (Lipinski definition) is 1. The summed E-state index contributed by atoms with van der Waals surface area (Å²) in [6.45, 7) is 5.26. The van der Waals surface area contributed by atoms with Gasteiger partial charge in [-0.25, -0.2) is 0 Å². The Bertz CT molecular complexity index is 414. The quantitative estimate of drug-likeness (QED) is 0.857. The fourth-order valence-corrected chi connectivity index (χ4v) is 3.85. The van der Waals surface area contributed by atoms with Gasteiger partial charge in [-0.1, -0.05) is 26.2 Å². The zero-order valence-electron chi connectivity index (χ0n) is 12.2. The van der Waals surface area contributed by atoms with Gasteiger partial charge in [0.25, 0.3) is 0 Å². The fraction of sp³-hybridized carbons (Fsp3) is 0.800. The summed E-state index contributed by atoms with van der Waals surface area (Å²) in [5.74, 6) is 0.616. The van der Waals surface area contributed by atoms with Crippen molar-refractivity contribution in [2.75, 3.05) is 0 Å². The second-order valence-corrected chi connectivity index (χ2v) is 6.44. The molecule has 19 heavy (non-hydrogen) atoms. The first kappa shape index (κ1) is 15.0. The van der Waals surface area contributed by atoms with E-state index in [4.69, 9.17) is 5.73 Å². The molecule has 3 nitrogen and oxygen atoms in total. The third-order valence-corrected chi connectivity index (χ3v) is 5.28. The van der Waals surface area contributed by atoms with Crippen molar-refractivity contribution in [3.05, 3.63) is 15.9 Å². The van der Waals surface area contributed by atoms with E-state index in [9.17, 15) is 0 Å². The van der Waals surface area contributed by atoms with Crippen molar-refractivity contribution >= 4 is 15.9 Å². The predicted molar refractivity (Wildman–Crippen MR) is 83.2 cm³/mol. The minimum absolute atomic E-state index is 0.361. The summed E-state index contributed by atoms with van der Waals surface area (Å²) in [5.41, 5.74) is 8.89. The molecule has 1 saturated carbocycles. The number of halogens is 1. The topological polar surface area (TPSA) is 43.8 Å². The Morgan fingerprint density at radius 2 is 2.00 bits per heavy atom. The van der Waals surface area contributed by atoms with Gasteiger partial charge in [-0.05, 0) is 54.5 Å². The minimum atomic E-state index is 0.361. The van der Waals surface area contributed by atoms with Crippen LogP contribution in [0.25, 0.3) is 0 Å². The molecule has 0 saturated heterocycles. The van der Waals surface area contributed by atoms with Crippen LogP contribution in [0.15, 0.2) is 4.47 Å². The SMILES string of the molecule is CCc1nn(CC)c(CC2CCCCCC2N)c1Br. The van der Waals surface area contributed by atoms with Crippen LogP contribution in [-0.4, -0.2) is 15.8 Å².